The first-order valence-corrected chi connectivity index (χ1v) is 10.7. The van der Waals surface area contributed by atoms with Crippen LogP contribution in [-0.2, 0) is 19.2 Å². The van der Waals surface area contributed by atoms with E-state index < -0.39 is 39.9 Å². The average molecular weight is 451 g/mol. The predicted octanol–water partition coefficient (Wildman–Crippen LogP) is 4.25. The molecule has 1 aliphatic carbocycles. The Morgan fingerprint density at radius 1 is 0.939 bits per heavy atom. The Bertz CT molecular complexity index is 1090. The maximum Gasteiger partial charge on any atom is 0.250 e. The zero-order valence-corrected chi connectivity index (χ0v) is 19.6. The van der Waals surface area contributed by atoms with Crippen molar-refractivity contribution in [2.45, 2.75) is 53.1 Å². The molecular formula is C27H30O6. The van der Waals surface area contributed by atoms with Crippen molar-refractivity contribution in [2.75, 3.05) is 0 Å². The number of benzene rings is 1. The standard InChI is InChI=1S/C27H30O6/c1-17(2)11-13-21-23(30)26(19(5)28,16-15-18(3)4)25(32)27(33,24(21)31)22(29)14-12-20-9-7-6-8-10-20/h6-12,14-15,30,33H,13,16H2,1-5H3/b14-12+/t26-,27+/m0/s1. The molecule has 6 heteroatoms. The fraction of sp³-hybridized carbons (Fsp3) is 0.333. The second-order valence-electron chi connectivity index (χ2n) is 8.74. The van der Waals surface area contributed by atoms with Crippen LogP contribution < -0.4 is 0 Å². The fourth-order valence-electron chi connectivity index (χ4n) is 3.70. The van der Waals surface area contributed by atoms with E-state index in [1.54, 1.807) is 70.2 Å². The van der Waals surface area contributed by atoms with Gasteiger partial charge < -0.3 is 10.2 Å². The van der Waals surface area contributed by atoms with Crippen molar-refractivity contribution >= 4 is 29.2 Å². The number of ketones is 4. The molecule has 0 saturated carbocycles. The van der Waals surface area contributed by atoms with Crippen molar-refractivity contribution in [3.8, 4) is 0 Å². The molecule has 1 aromatic rings. The summed E-state index contributed by atoms with van der Waals surface area (Å²) in [5.74, 6) is -5.16. The minimum atomic E-state index is -3.12. The SMILES string of the molecule is CC(=O)[C@]1(CC=C(C)C)C(=O)[C@@](O)(C(=O)/C=C/c2ccccc2)C(=O)C(CC=C(C)C)=C1O. The van der Waals surface area contributed by atoms with Crippen molar-refractivity contribution < 1.29 is 29.4 Å². The zero-order valence-electron chi connectivity index (χ0n) is 19.6. The molecule has 1 aromatic carbocycles. The minimum absolute atomic E-state index is 0.137. The van der Waals surface area contributed by atoms with Gasteiger partial charge in [-0.2, -0.15) is 0 Å². The Hall–Kier alpha value is -3.38. The fourth-order valence-corrected chi connectivity index (χ4v) is 3.70. The number of carbonyl (C=O) groups excluding carboxylic acids is 4. The molecule has 0 radical (unpaired) electrons. The Morgan fingerprint density at radius 3 is 2.03 bits per heavy atom. The number of aliphatic hydroxyl groups is 2. The molecular weight excluding hydrogens is 420 g/mol. The van der Waals surface area contributed by atoms with Gasteiger partial charge in [-0.15, -0.1) is 0 Å². The Kier molecular flexibility index (Phi) is 7.88. The van der Waals surface area contributed by atoms with Crippen molar-refractivity contribution in [3.05, 3.63) is 76.6 Å². The molecule has 0 aromatic heterocycles. The number of hydrogen-bond donors (Lipinski definition) is 2. The molecule has 174 valence electrons. The van der Waals surface area contributed by atoms with Gasteiger partial charge in [-0.1, -0.05) is 59.7 Å². The van der Waals surface area contributed by atoms with Crippen molar-refractivity contribution in [3.63, 3.8) is 0 Å². The maximum absolute atomic E-state index is 13.6. The van der Waals surface area contributed by atoms with Gasteiger partial charge in [-0.25, -0.2) is 0 Å². The molecule has 0 fully saturated rings. The first-order chi connectivity index (χ1) is 15.4. The van der Waals surface area contributed by atoms with E-state index in [2.05, 4.69) is 0 Å². The Balaban J connectivity index is 2.75. The molecule has 0 bridgehead atoms. The van der Waals surface area contributed by atoms with Crippen LogP contribution in [0.3, 0.4) is 0 Å². The lowest BCUT2D eigenvalue weighted by Crippen LogP contribution is -2.64. The number of hydrogen-bond acceptors (Lipinski definition) is 6. The van der Waals surface area contributed by atoms with Crippen LogP contribution in [0.15, 0.2) is 71.0 Å². The highest BCUT2D eigenvalue weighted by Crippen LogP contribution is 2.45. The van der Waals surface area contributed by atoms with E-state index in [1.807, 2.05) is 0 Å². The van der Waals surface area contributed by atoms with Gasteiger partial charge in [0, 0.05) is 5.57 Å². The second kappa shape index (κ2) is 10.0. The molecule has 33 heavy (non-hydrogen) atoms. The van der Waals surface area contributed by atoms with Crippen molar-refractivity contribution in [1.82, 2.24) is 0 Å². The lowest BCUT2D eigenvalue weighted by Gasteiger charge is -2.40. The molecule has 1 aliphatic rings. The van der Waals surface area contributed by atoms with Crippen LogP contribution in [0.5, 0.6) is 0 Å². The van der Waals surface area contributed by atoms with Crippen LogP contribution in [0.2, 0.25) is 0 Å². The molecule has 0 heterocycles. The number of allylic oxidation sites excluding steroid dienone is 5. The lowest BCUT2D eigenvalue weighted by atomic mass is 9.61. The van der Waals surface area contributed by atoms with E-state index >= 15 is 0 Å². The summed E-state index contributed by atoms with van der Waals surface area (Å²) < 4.78 is 0. The molecule has 0 spiro atoms. The van der Waals surface area contributed by atoms with Gasteiger partial charge in [0.2, 0.25) is 23.0 Å². The van der Waals surface area contributed by atoms with Gasteiger partial charge in [-0.3, -0.25) is 19.2 Å². The summed E-state index contributed by atoms with van der Waals surface area (Å²) in [7, 11) is 0. The zero-order chi connectivity index (χ0) is 25.0. The van der Waals surface area contributed by atoms with Crippen molar-refractivity contribution in [1.29, 1.82) is 0 Å². The summed E-state index contributed by atoms with van der Waals surface area (Å²) >= 11 is 0. The van der Waals surface area contributed by atoms with E-state index in [0.717, 1.165) is 24.1 Å². The van der Waals surface area contributed by atoms with Crippen molar-refractivity contribution in [2.24, 2.45) is 5.41 Å². The smallest absolute Gasteiger partial charge is 0.250 e. The average Bonchev–Trinajstić information content (AvgIpc) is 2.76. The molecule has 6 nitrogen and oxygen atoms in total. The molecule has 2 N–H and O–H groups in total. The van der Waals surface area contributed by atoms with E-state index in [1.165, 1.54) is 6.08 Å². The molecule has 0 amide bonds. The van der Waals surface area contributed by atoms with Gasteiger partial charge in [0.1, 0.15) is 5.76 Å². The van der Waals surface area contributed by atoms with Gasteiger partial charge in [0.15, 0.2) is 11.2 Å². The molecule has 0 saturated heterocycles. The summed E-state index contributed by atoms with van der Waals surface area (Å²) in [6.07, 6.45) is 5.10. The van der Waals surface area contributed by atoms with Crippen LogP contribution in [0.1, 0.15) is 53.0 Å². The third kappa shape index (κ3) is 4.86. The van der Waals surface area contributed by atoms with E-state index in [4.69, 9.17) is 0 Å². The normalized spacial score (nSPS) is 23.0. The van der Waals surface area contributed by atoms with Crippen LogP contribution in [0.25, 0.3) is 6.08 Å². The monoisotopic (exact) mass is 450 g/mol. The van der Waals surface area contributed by atoms with E-state index in [-0.39, 0.29) is 18.4 Å². The third-order valence-corrected chi connectivity index (χ3v) is 5.72. The number of Topliss-reactive ketones (excluding diaryl/α,β-unsaturated/α-hetero) is 3. The summed E-state index contributed by atoms with van der Waals surface area (Å²) in [4.78, 5) is 52.8. The maximum atomic E-state index is 13.6. The molecule has 2 rings (SSSR count). The van der Waals surface area contributed by atoms with Gasteiger partial charge in [-0.05, 0) is 59.1 Å². The highest BCUT2D eigenvalue weighted by Gasteiger charge is 2.65. The van der Waals surface area contributed by atoms with E-state index in [0.29, 0.717) is 5.56 Å². The number of aliphatic hydroxyl groups excluding tert-OH is 1. The topological polar surface area (TPSA) is 109 Å². The first-order valence-electron chi connectivity index (χ1n) is 10.7. The van der Waals surface area contributed by atoms with Crippen LogP contribution >= 0.6 is 0 Å². The predicted molar refractivity (Wildman–Crippen MR) is 126 cm³/mol. The summed E-state index contributed by atoms with van der Waals surface area (Å²) in [5, 5.41) is 22.4. The summed E-state index contributed by atoms with van der Waals surface area (Å²) in [6, 6.07) is 8.69. The van der Waals surface area contributed by atoms with Crippen LogP contribution in [0, 0.1) is 5.41 Å². The molecule has 2 atom stereocenters. The molecule has 0 aliphatic heterocycles. The van der Waals surface area contributed by atoms with Crippen LogP contribution in [-0.4, -0.2) is 38.9 Å². The summed E-state index contributed by atoms with van der Waals surface area (Å²) in [5.41, 5.74) is -3.48. The minimum Gasteiger partial charge on any atom is -0.510 e. The van der Waals surface area contributed by atoms with Gasteiger partial charge in [0.05, 0.1) is 0 Å². The van der Waals surface area contributed by atoms with Crippen LogP contribution in [0.4, 0.5) is 0 Å². The summed E-state index contributed by atoms with van der Waals surface area (Å²) in [6.45, 7) is 8.15. The van der Waals surface area contributed by atoms with Gasteiger partial charge >= 0.3 is 0 Å². The molecule has 0 unspecified atom stereocenters. The number of rotatable bonds is 8. The largest absolute Gasteiger partial charge is 0.510 e. The third-order valence-electron chi connectivity index (χ3n) is 5.72. The second-order valence-corrected chi connectivity index (χ2v) is 8.74. The first kappa shape index (κ1) is 25.9. The highest BCUT2D eigenvalue weighted by molar-refractivity contribution is 6.40. The van der Waals surface area contributed by atoms with Gasteiger partial charge in [0.25, 0.3) is 0 Å². The number of carbonyl (C=O) groups is 4. The Labute approximate surface area is 194 Å². The lowest BCUT2D eigenvalue weighted by molar-refractivity contribution is -0.164. The quantitative estimate of drug-likeness (QED) is 0.348. The highest BCUT2D eigenvalue weighted by atomic mass is 16.3. The Morgan fingerprint density at radius 2 is 1.52 bits per heavy atom. The van der Waals surface area contributed by atoms with E-state index in [9.17, 15) is 29.4 Å².